The van der Waals surface area contributed by atoms with E-state index in [1.807, 2.05) is 30.3 Å². The highest BCUT2D eigenvalue weighted by atomic mass is 16.3. The first-order valence-electron chi connectivity index (χ1n) is 5.81. The Hall–Kier alpha value is -2.30. The van der Waals surface area contributed by atoms with Crippen LogP contribution in [0.25, 0.3) is 0 Å². The van der Waals surface area contributed by atoms with Crippen molar-refractivity contribution in [2.75, 3.05) is 18.4 Å². The normalized spacial score (nSPS) is 10.0. The Morgan fingerprint density at radius 1 is 1.22 bits per heavy atom. The zero-order chi connectivity index (χ0) is 12.6. The highest BCUT2D eigenvalue weighted by Crippen LogP contribution is 2.04. The summed E-state index contributed by atoms with van der Waals surface area (Å²) in [7, 11) is 0. The quantitative estimate of drug-likeness (QED) is 0.763. The molecule has 1 amide bonds. The largest absolute Gasteiger partial charge is 0.451 e. The van der Waals surface area contributed by atoms with E-state index in [2.05, 4.69) is 15.6 Å². The highest BCUT2D eigenvalue weighted by molar-refractivity contribution is 5.91. The first-order chi connectivity index (χ1) is 8.86. The number of carbonyl (C=O) groups excluding carboxylic acids is 1. The topological polar surface area (TPSA) is 67.2 Å². The van der Waals surface area contributed by atoms with E-state index in [1.54, 1.807) is 0 Å². The standard InChI is InChI=1S/C13H15N3O2/c17-13(12-9-18-10-16-12)15-8-4-7-14-11-5-2-1-3-6-11/h1-3,5-6,9-10,14H,4,7-8H2,(H,15,17). The minimum Gasteiger partial charge on any atom is -0.451 e. The molecule has 0 spiro atoms. The fraction of sp³-hybridized carbons (Fsp3) is 0.231. The molecule has 0 aliphatic rings. The Bertz CT molecular complexity index is 468. The van der Waals surface area contributed by atoms with Gasteiger partial charge in [-0.2, -0.15) is 0 Å². The Morgan fingerprint density at radius 2 is 2.06 bits per heavy atom. The predicted octanol–water partition coefficient (Wildman–Crippen LogP) is 1.91. The number of rotatable bonds is 6. The minimum atomic E-state index is -0.205. The Balaban J connectivity index is 1.61. The lowest BCUT2D eigenvalue weighted by Gasteiger charge is -2.06. The molecular weight excluding hydrogens is 230 g/mol. The van der Waals surface area contributed by atoms with Gasteiger partial charge in [-0.05, 0) is 18.6 Å². The monoisotopic (exact) mass is 245 g/mol. The first kappa shape index (κ1) is 12.2. The number of hydrogen-bond donors (Lipinski definition) is 2. The van der Waals surface area contributed by atoms with Crippen LogP contribution < -0.4 is 10.6 Å². The Labute approximate surface area is 105 Å². The molecule has 0 fully saturated rings. The molecule has 0 aliphatic carbocycles. The number of anilines is 1. The zero-order valence-electron chi connectivity index (χ0n) is 9.93. The molecule has 0 saturated heterocycles. The number of hydrogen-bond acceptors (Lipinski definition) is 4. The van der Waals surface area contributed by atoms with Gasteiger partial charge in [0.05, 0.1) is 0 Å². The van der Waals surface area contributed by atoms with Crippen molar-refractivity contribution in [3.8, 4) is 0 Å². The molecule has 0 bridgehead atoms. The van der Waals surface area contributed by atoms with E-state index in [1.165, 1.54) is 12.7 Å². The molecule has 0 atom stereocenters. The summed E-state index contributed by atoms with van der Waals surface area (Å²) in [4.78, 5) is 15.3. The van der Waals surface area contributed by atoms with Gasteiger partial charge in [0.15, 0.2) is 12.1 Å². The molecule has 2 rings (SSSR count). The third kappa shape index (κ3) is 3.62. The van der Waals surface area contributed by atoms with E-state index in [4.69, 9.17) is 4.42 Å². The van der Waals surface area contributed by atoms with E-state index in [-0.39, 0.29) is 5.91 Å². The molecule has 0 radical (unpaired) electrons. The molecule has 5 nitrogen and oxygen atoms in total. The molecule has 1 aromatic carbocycles. The molecule has 2 aromatic rings. The summed E-state index contributed by atoms with van der Waals surface area (Å²) < 4.78 is 4.74. The lowest BCUT2D eigenvalue weighted by atomic mass is 10.3. The fourth-order valence-corrected chi connectivity index (χ4v) is 1.49. The highest BCUT2D eigenvalue weighted by Gasteiger charge is 2.06. The van der Waals surface area contributed by atoms with Crippen LogP contribution in [0.5, 0.6) is 0 Å². The van der Waals surface area contributed by atoms with Crippen molar-refractivity contribution in [2.24, 2.45) is 0 Å². The van der Waals surface area contributed by atoms with E-state index >= 15 is 0 Å². The number of amides is 1. The molecule has 1 aromatic heterocycles. The van der Waals surface area contributed by atoms with Crippen molar-refractivity contribution in [1.29, 1.82) is 0 Å². The third-order valence-electron chi connectivity index (χ3n) is 2.41. The van der Waals surface area contributed by atoms with E-state index < -0.39 is 0 Å². The number of para-hydroxylation sites is 1. The molecule has 0 saturated carbocycles. The predicted molar refractivity (Wildman–Crippen MR) is 68.4 cm³/mol. The van der Waals surface area contributed by atoms with Gasteiger partial charge in [-0.3, -0.25) is 4.79 Å². The second-order valence-electron chi connectivity index (χ2n) is 3.78. The number of nitrogens with one attached hydrogen (secondary N) is 2. The number of nitrogens with zero attached hydrogens (tertiary/aromatic N) is 1. The van der Waals surface area contributed by atoms with E-state index in [0.29, 0.717) is 12.2 Å². The van der Waals surface area contributed by atoms with Gasteiger partial charge in [0.25, 0.3) is 5.91 Å². The van der Waals surface area contributed by atoms with Crippen molar-refractivity contribution in [3.05, 3.63) is 48.7 Å². The molecule has 0 unspecified atom stereocenters. The summed E-state index contributed by atoms with van der Waals surface area (Å²) in [6.45, 7) is 1.41. The van der Waals surface area contributed by atoms with Gasteiger partial charge in [-0.15, -0.1) is 0 Å². The van der Waals surface area contributed by atoms with Crippen molar-refractivity contribution < 1.29 is 9.21 Å². The van der Waals surface area contributed by atoms with Gasteiger partial charge in [0, 0.05) is 18.8 Å². The number of aromatic nitrogens is 1. The van der Waals surface area contributed by atoms with Crippen LogP contribution in [-0.4, -0.2) is 24.0 Å². The van der Waals surface area contributed by atoms with Crippen LogP contribution in [0, 0.1) is 0 Å². The van der Waals surface area contributed by atoms with E-state index in [0.717, 1.165) is 18.7 Å². The van der Waals surface area contributed by atoms with Gasteiger partial charge in [-0.1, -0.05) is 18.2 Å². The van der Waals surface area contributed by atoms with E-state index in [9.17, 15) is 4.79 Å². The van der Waals surface area contributed by atoms with Crippen LogP contribution in [0.15, 0.2) is 47.4 Å². The van der Waals surface area contributed by atoms with Gasteiger partial charge in [0.2, 0.25) is 0 Å². The van der Waals surface area contributed by atoms with Crippen LogP contribution >= 0.6 is 0 Å². The maximum absolute atomic E-state index is 11.5. The average molecular weight is 245 g/mol. The number of carbonyl (C=O) groups is 1. The molecule has 18 heavy (non-hydrogen) atoms. The lowest BCUT2D eigenvalue weighted by Crippen LogP contribution is -2.26. The SMILES string of the molecule is O=C(NCCCNc1ccccc1)c1cocn1. The van der Waals surface area contributed by atoms with Crippen molar-refractivity contribution in [1.82, 2.24) is 10.3 Å². The summed E-state index contributed by atoms with van der Waals surface area (Å²) in [5.74, 6) is -0.205. The number of oxazole rings is 1. The smallest absolute Gasteiger partial charge is 0.273 e. The average Bonchev–Trinajstić information content (AvgIpc) is 2.93. The molecule has 94 valence electrons. The minimum absolute atomic E-state index is 0.205. The van der Waals surface area contributed by atoms with Crippen molar-refractivity contribution in [2.45, 2.75) is 6.42 Å². The van der Waals surface area contributed by atoms with Crippen LogP contribution in [0.2, 0.25) is 0 Å². The maximum atomic E-state index is 11.5. The second kappa shape index (κ2) is 6.44. The van der Waals surface area contributed by atoms with Gasteiger partial charge in [0.1, 0.15) is 6.26 Å². The number of benzene rings is 1. The Morgan fingerprint density at radius 3 is 2.78 bits per heavy atom. The lowest BCUT2D eigenvalue weighted by molar-refractivity contribution is 0.0948. The summed E-state index contributed by atoms with van der Waals surface area (Å²) in [6.07, 6.45) is 3.42. The molecule has 2 N–H and O–H groups in total. The van der Waals surface area contributed by atoms with Crippen LogP contribution in [-0.2, 0) is 0 Å². The molecular formula is C13H15N3O2. The third-order valence-corrected chi connectivity index (χ3v) is 2.41. The first-order valence-corrected chi connectivity index (χ1v) is 5.81. The van der Waals surface area contributed by atoms with Crippen molar-refractivity contribution >= 4 is 11.6 Å². The summed E-state index contributed by atoms with van der Waals surface area (Å²) >= 11 is 0. The van der Waals surface area contributed by atoms with Crippen LogP contribution in [0.4, 0.5) is 5.69 Å². The molecule has 5 heteroatoms. The second-order valence-corrected chi connectivity index (χ2v) is 3.78. The van der Waals surface area contributed by atoms with Gasteiger partial charge in [-0.25, -0.2) is 4.98 Å². The summed E-state index contributed by atoms with van der Waals surface area (Å²) in [5, 5.41) is 6.04. The zero-order valence-corrected chi connectivity index (χ0v) is 9.93. The fourth-order valence-electron chi connectivity index (χ4n) is 1.49. The maximum Gasteiger partial charge on any atom is 0.273 e. The summed E-state index contributed by atoms with van der Waals surface area (Å²) in [5.41, 5.74) is 1.39. The van der Waals surface area contributed by atoms with Gasteiger partial charge < -0.3 is 15.1 Å². The van der Waals surface area contributed by atoms with Crippen LogP contribution in [0.1, 0.15) is 16.9 Å². The summed E-state index contributed by atoms with van der Waals surface area (Å²) in [6, 6.07) is 9.95. The van der Waals surface area contributed by atoms with Crippen molar-refractivity contribution in [3.63, 3.8) is 0 Å². The van der Waals surface area contributed by atoms with Gasteiger partial charge >= 0.3 is 0 Å². The van der Waals surface area contributed by atoms with Crippen LogP contribution in [0.3, 0.4) is 0 Å². The molecule has 0 aliphatic heterocycles. The Kier molecular flexibility index (Phi) is 4.35. The molecule has 1 heterocycles.